The van der Waals surface area contributed by atoms with Crippen molar-refractivity contribution in [1.82, 2.24) is 0 Å². The van der Waals surface area contributed by atoms with Gasteiger partial charge in [-0.25, -0.2) is 4.79 Å². The van der Waals surface area contributed by atoms with Gasteiger partial charge in [-0.1, -0.05) is 48.9 Å². The zero-order chi connectivity index (χ0) is 26.2. The van der Waals surface area contributed by atoms with Gasteiger partial charge < -0.3 is 4.74 Å². The summed E-state index contributed by atoms with van der Waals surface area (Å²) in [4.78, 5) is 71.6. The third-order valence-electron chi connectivity index (χ3n) is 8.71. The monoisotopic (exact) mass is 498 g/mol. The predicted octanol–water partition coefficient (Wildman–Crippen LogP) is 3.13. The summed E-state index contributed by atoms with van der Waals surface area (Å²) in [6.45, 7) is 5.22. The van der Waals surface area contributed by atoms with Gasteiger partial charge in [0.05, 0.1) is 41.7 Å². The van der Waals surface area contributed by atoms with E-state index >= 15 is 0 Å². The number of allylic oxidation sites excluding steroid dienone is 1. The van der Waals surface area contributed by atoms with Gasteiger partial charge in [0.15, 0.2) is 0 Å². The highest BCUT2D eigenvalue weighted by molar-refractivity contribution is 6.27. The molecule has 2 unspecified atom stereocenters. The van der Waals surface area contributed by atoms with Crippen LogP contribution in [0.15, 0.2) is 71.8 Å². The summed E-state index contributed by atoms with van der Waals surface area (Å²) in [5, 5.41) is 0. The standard InChI is InChI=1S/C29H26N2O6/c1-4-37-28(36)21-15(2)18-19-22(26(34)30(24(19)32)16-11-7-5-8-12-16)29(21,3)23-20(18)25(33)31(27(23)35)17-13-9-6-10-14-17/h5-14,18-20,22-23H,4H2,1-3H3/t18?,19-,20+,22-,23-,29?/m0/s1. The lowest BCUT2D eigenvalue weighted by atomic mass is 9.43. The normalized spacial score (nSPS) is 32.2. The molecule has 5 aliphatic rings. The molecule has 3 aliphatic carbocycles. The minimum Gasteiger partial charge on any atom is -0.463 e. The van der Waals surface area contributed by atoms with Crippen LogP contribution in [0.5, 0.6) is 0 Å². The van der Waals surface area contributed by atoms with E-state index in [-0.39, 0.29) is 12.2 Å². The Labute approximate surface area is 213 Å². The first-order valence-electron chi connectivity index (χ1n) is 12.5. The first kappa shape index (κ1) is 23.3. The smallest absolute Gasteiger partial charge is 0.334 e. The Morgan fingerprint density at radius 1 is 0.757 bits per heavy atom. The molecule has 8 nitrogen and oxygen atoms in total. The minimum atomic E-state index is -1.40. The van der Waals surface area contributed by atoms with Crippen LogP contribution < -0.4 is 9.80 Å². The highest BCUT2D eigenvalue weighted by Crippen LogP contribution is 2.68. The second kappa shape index (κ2) is 7.96. The van der Waals surface area contributed by atoms with E-state index in [1.54, 1.807) is 81.4 Å². The molecule has 2 saturated heterocycles. The molecule has 2 aromatic rings. The molecule has 4 amide bonds. The number of anilines is 2. The summed E-state index contributed by atoms with van der Waals surface area (Å²) >= 11 is 0. The number of rotatable bonds is 4. The van der Waals surface area contributed by atoms with Crippen molar-refractivity contribution in [3.63, 3.8) is 0 Å². The van der Waals surface area contributed by atoms with Gasteiger partial charge in [-0.2, -0.15) is 0 Å². The van der Waals surface area contributed by atoms with Crippen LogP contribution >= 0.6 is 0 Å². The minimum absolute atomic E-state index is 0.116. The number of hydrogen-bond donors (Lipinski definition) is 0. The van der Waals surface area contributed by atoms with Crippen molar-refractivity contribution in [2.75, 3.05) is 16.4 Å². The molecule has 6 atom stereocenters. The summed E-state index contributed by atoms with van der Waals surface area (Å²) in [5.41, 5.74) is 0.259. The summed E-state index contributed by atoms with van der Waals surface area (Å²) in [6, 6.07) is 17.2. The van der Waals surface area contributed by atoms with Gasteiger partial charge in [-0.15, -0.1) is 0 Å². The van der Waals surface area contributed by atoms with Crippen LogP contribution in [0.2, 0.25) is 0 Å². The molecule has 37 heavy (non-hydrogen) atoms. The van der Waals surface area contributed by atoms with E-state index in [0.717, 1.165) is 9.80 Å². The zero-order valence-electron chi connectivity index (χ0n) is 20.7. The van der Waals surface area contributed by atoms with Gasteiger partial charge in [0.1, 0.15) is 0 Å². The number of amides is 4. The second-order valence-electron chi connectivity index (χ2n) is 10.3. The number of carbonyl (C=O) groups excluding carboxylic acids is 5. The summed E-state index contributed by atoms with van der Waals surface area (Å²) in [6.07, 6.45) is 0. The van der Waals surface area contributed by atoms with Crippen molar-refractivity contribution in [3.05, 3.63) is 71.8 Å². The van der Waals surface area contributed by atoms with Crippen molar-refractivity contribution in [2.24, 2.45) is 35.0 Å². The van der Waals surface area contributed by atoms with E-state index in [9.17, 15) is 24.0 Å². The van der Waals surface area contributed by atoms with Crippen LogP contribution in [0.25, 0.3) is 0 Å². The van der Waals surface area contributed by atoms with Gasteiger partial charge >= 0.3 is 5.97 Å². The number of carbonyl (C=O) groups is 5. The van der Waals surface area contributed by atoms with E-state index < -0.39 is 64.6 Å². The topological polar surface area (TPSA) is 101 Å². The fraction of sp³-hybridized carbons (Fsp3) is 0.345. The molecule has 0 radical (unpaired) electrons. The van der Waals surface area contributed by atoms with Gasteiger partial charge in [-0.05, 0) is 38.1 Å². The van der Waals surface area contributed by atoms with E-state index in [1.165, 1.54) is 0 Å². The molecule has 188 valence electrons. The fourth-order valence-corrected chi connectivity index (χ4v) is 7.47. The molecule has 0 aromatic heterocycles. The van der Waals surface area contributed by atoms with Crippen LogP contribution in [-0.4, -0.2) is 36.2 Å². The number of esters is 1. The second-order valence-corrected chi connectivity index (χ2v) is 10.3. The Kier molecular flexibility index (Phi) is 5.02. The van der Waals surface area contributed by atoms with Crippen molar-refractivity contribution >= 4 is 41.0 Å². The van der Waals surface area contributed by atoms with Crippen molar-refractivity contribution in [2.45, 2.75) is 20.8 Å². The van der Waals surface area contributed by atoms with E-state index in [1.807, 2.05) is 0 Å². The Morgan fingerprint density at radius 2 is 1.19 bits per heavy atom. The number of benzene rings is 2. The van der Waals surface area contributed by atoms with E-state index in [0.29, 0.717) is 16.9 Å². The number of hydrogen-bond acceptors (Lipinski definition) is 6. The third kappa shape index (κ3) is 2.81. The number of para-hydroxylation sites is 2. The average Bonchev–Trinajstić information content (AvgIpc) is 3.31. The molecule has 8 heteroatoms. The molecule has 3 fully saturated rings. The molecule has 7 rings (SSSR count). The molecular weight excluding hydrogens is 472 g/mol. The Balaban J connectivity index is 1.56. The van der Waals surface area contributed by atoms with Gasteiger partial charge in [0, 0.05) is 16.9 Å². The lowest BCUT2D eigenvalue weighted by molar-refractivity contribution is -0.155. The molecule has 2 heterocycles. The number of imide groups is 2. The Morgan fingerprint density at radius 3 is 1.59 bits per heavy atom. The van der Waals surface area contributed by atoms with E-state index in [2.05, 4.69) is 0 Å². The molecular formula is C29H26N2O6. The van der Waals surface area contributed by atoms with E-state index in [4.69, 9.17) is 4.74 Å². The molecule has 2 aromatic carbocycles. The largest absolute Gasteiger partial charge is 0.463 e. The van der Waals surface area contributed by atoms with Crippen LogP contribution in [-0.2, 0) is 28.7 Å². The molecule has 1 saturated carbocycles. The summed E-state index contributed by atoms with van der Waals surface area (Å²) in [7, 11) is 0. The Hall–Kier alpha value is -4.07. The van der Waals surface area contributed by atoms with Crippen LogP contribution in [0, 0.1) is 35.0 Å². The first-order chi connectivity index (χ1) is 17.7. The third-order valence-corrected chi connectivity index (χ3v) is 8.71. The molecule has 0 spiro atoms. The number of ether oxygens (including phenoxy) is 1. The van der Waals surface area contributed by atoms with Gasteiger partial charge in [-0.3, -0.25) is 29.0 Å². The van der Waals surface area contributed by atoms with Gasteiger partial charge in [0.25, 0.3) is 0 Å². The highest BCUT2D eigenvalue weighted by atomic mass is 16.5. The summed E-state index contributed by atoms with van der Waals surface area (Å²) in [5.74, 6) is -6.76. The highest BCUT2D eigenvalue weighted by Gasteiger charge is 2.77. The maximum Gasteiger partial charge on any atom is 0.334 e. The molecule has 2 aliphatic heterocycles. The predicted molar refractivity (Wildman–Crippen MR) is 133 cm³/mol. The molecule has 2 bridgehead atoms. The van der Waals surface area contributed by atoms with Crippen molar-refractivity contribution < 1.29 is 28.7 Å². The van der Waals surface area contributed by atoms with Crippen LogP contribution in [0.1, 0.15) is 20.8 Å². The first-order valence-corrected chi connectivity index (χ1v) is 12.5. The van der Waals surface area contributed by atoms with Crippen LogP contribution in [0.4, 0.5) is 11.4 Å². The lowest BCUT2D eigenvalue weighted by Gasteiger charge is -2.55. The number of nitrogens with zero attached hydrogens (tertiary/aromatic N) is 2. The quantitative estimate of drug-likeness (QED) is 0.474. The Bertz CT molecular complexity index is 1310. The lowest BCUT2D eigenvalue weighted by Crippen LogP contribution is -2.61. The molecule has 0 N–H and O–H groups in total. The fourth-order valence-electron chi connectivity index (χ4n) is 7.47. The van der Waals surface area contributed by atoms with Crippen LogP contribution in [0.3, 0.4) is 0 Å². The summed E-state index contributed by atoms with van der Waals surface area (Å²) < 4.78 is 5.40. The van der Waals surface area contributed by atoms with Crippen molar-refractivity contribution in [1.29, 1.82) is 0 Å². The van der Waals surface area contributed by atoms with Crippen molar-refractivity contribution in [3.8, 4) is 0 Å². The maximum absolute atomic E-state index is 14.0. The van der Waals surface area contributed by atoms with Gasteiger partial charge in [0.2, 0.25) is 23.6 Å². The maximum atomic E-state index is 14.0. The zero-order valence-corrected chi connectivity index (χ0v) is 20.7. The SMILES string of the molecule is CCOC(=O)C1=C(C)C2[C@H]3C(=O)N(c4ccccc4)C(=O)[C@H]3C1(C)[C@@H]1C(=O)N(c3ccccc3)C(=O)[C@@H]21. The average molecular weight is 499 g/mol.